The van der Waals surface area contributed by atoms with Crippen molar-refractivity contribution < 1.29 is 4.74 Å². The lowest BCUT2D eigenvalue weighted by atomic mass is 9.91. The molecule has 28 heavy (non-hydrogen) atoms. The second kappa shape index (κ2) is 10.7. The van der Waals surface area contributed by atoms with Crippen molar-refractivity contribution in [1.29, 1.82) is 0 Å². The molecule has 3 aliphatic heterocycles. The summed E-state index contributed by atoms with van der Waals surface area (Å²) in [5.41, 5.74) is 1.45. The third-order valence-corrected chi connectivity index (χ3v) is 6.90. The first-order chi connectivity index (χ1) is 13.9. The second-order valence-corrected chi connectivity index (χ2v) is 9.14. The third kappa shape index (κ3) is 6.03. The number of fused-ring (bicyclic) bond motifs is 1. The van der Waals surface area contributed by atoms with Crippen LogP contribution in [0, 0.1) is 5.92 Å². The van der Waals surface area contributed by atoms with E-state index in [0.717, 1.165) is 31.7 Å². The summed E-state index contributed by atoms with van der Waals surface area (Å²) in [6, 6.07) is 11.7. The predicted octanol–water partition coefficient (Wildman–Crippen LogP) is 3.48. The fourth-order valence-electron chi connectivity index (χ4n) is 5.27. The third-order valence-electron chi connectivity index (χ3n) is 6.90. The molecule has 2 atom stereocenters. The van der Waals surface area contributed by atoms with E-state index in [-0.39, 0.29) is 0 Å². The number of ether oxygens (including phenoxy) is 1. The molecule has 0 saturated carbocycles. The standard InChI is InChI=1S/C24H39N3O/c1-3-8-22(9-4-1)18-26-15-16-27-19-23(10-11-24(27)20-26)21-28-17-7-14-25-12-5-2-6-13-25/h1,3-4,8-9,23-24H,2,5-7,10-21H2/t23-,24+/m1/s1. The summed E-state index contributed by atoms with van der Waals surface area (Å²) in [5, 5.41) is 0. The van der Waals surface area contributed by atoms with Gasteiger partial charge in [-0.1, -0.05) is 36.8 Å². The Bertz CT molecular complexity index is 560. The highest BCUT2D eigenvalue weighted by Gasteiger charge is 2.32. The van der Waals surface area contributed by atoms with Crippen LogP contribution >= 0.6 is 0 Å². The average molecular weight is 386 g/mol. The number of piperazine rings is 1. The molecule has 0 radical (unpaired) electrons. The predicted molar refractivity (Wildman–Crippen MR) is 116 cm³/mol. The van der Waals surface area contributed by atoms with Crippen LogP contribution in [0.4, 0.5) is 0 Å². The molecule has 4 nitrogen and oxygen atoms in total. The minimum atomic E-state index is 0.743. The molecule has 1 aromatic rings. The molecular weight excluding hydrogens is 346 g/mol. The molecule has 3 saturated heterocycles. The first-order valence-corrected chi connectivity index (χ1v) is 11.7. The highest BCUT2D eigenvalue weighted by Crippen LogP contribution is 2.26. The van der Waals surface area contributed by atoms with E-state index in [1.165, 1.54) is 89.9 Å². The molecule has 3 heterocycles. The van der Waals surface area contributed by atoms with Crippen molar-refractivity contribution in [2.45, 2.75) is 51.1 Å². The van der Waals surface area contributed by atoms with Crippen molar-refractivity contribution >= 4 is 0 Å². The van der Waals surface area contributed by atoms with Gasteiger partial charge in [0, 0.05) is 51.9 Å². The summed E-state index contributed by atoms with van der Waals surface area (Å²) in [5.74, 6) is 0.743. The molecule has 0 aromatic heterocycles. The van der Waals surface area contributed by atoms with Crippen LogP contribution < -0.4 is 0 Å². The largest absolute Gasteiger partial charge is 0.381 e. The van der Waals surface area contributed by atoms with E-state index >= 15 is 0 Å². The number of likely N-dealkylation sites (tertiary alicyclic amines) is 1. The Hall–Kier alpha value is -0.940. The average Bonchev–Trinajstić information content (AvgIpc) is 2.75. The van der Waals surface area contributed by atoms with E-state index in [1.807, 2.05) is 0 Å². The molecule has 0 unspecified atom stereocenters. The van der Waals surface area contributed by atoms with Crippen molar-refractivity contribution in [2.24, 2.45) is 5.92 Å². The zero-order valence-corrected chi connectivity index (χ0v) is 17.6. The molecule has 3 fully saturated rings. The molecule has 4 rings (SSSR count). The Morgan fingerprint density at radius 2 is 1.71 bits per heavy atom. The molecule has 0 amide bonds. The lowest BCUT2D eigenvalue weighted by Crippen LogP contribution is -2.56. The second-order valence-electron chi connectivity index (χ2n) is 9.14. The summed E-state index contributed by atoms with van der Waals surface area (Å²) < 4.78 is 6.08. The van der Waals surface area contributed by atoms with Crippen LogP contribution in [0.25, 0.3) is 0 Å². The van der Waals surface area contributed by atoms with Gasteiger partial charge in [-0.15, -0.1) is 0 Å². The van der Waals surface area contributed by atoms with Crippen LogP contribution in [-0.4, -0.2) is 79.8 Å². The molecular formula is C24H39N3O. The van der Waals surface area contributed by atoms with Crippen LogP contribution in [-0.2, 0) is 11.3 Å². The number of rotatable bonds is 8. The van der Waals surface area contributed by atoms with Crippen LogP contribution in [0.2, 0.25) is 0 Å². The smallest absolute Gasteiger partial charge is 0.0506 e. The van der Waals surface area contributed by atoms with E-state index in [9.17, 15) is 0 Å². The normalized spacial score (nSPS) is 27.6. The summed E-state index contributed by atoms with van der Waals surface area (Å²) in [6.45, 7) is 11.8. The molecule has 0 spiro atoms. The number of hydrogen-bond donors (Lipinski definition) is 0. The van der Waals surface area contributed by atoms with E-state index in [0.29, 0.717) is 0 Å². The quantitative estimate of drug-likeness (QED) is 0.638. The van der Waals surface area contributed by atoms with Crippen molar-refractivity contribution in [2.75, 3.05) is 59.0 Å². The summed E-state index contributed by atoms with van der Waals surface area (Å²) in [7, 11) is 0. The number of nitrogens with zero attached hydrogens (tertiary/aromatic N) is 3. The van der Waals surface area contributed by atoms with Crippen LogP contribution in [0.1, 0.15) is 44.1 Å². The molecule has 156 valence electrons. The maximum atomic E-state index is 6.08. The van der Waals surface area contributed by atoms with Gasteiger partial charge in [-0.2, -0.15) is 0 Å². The van der Waals surface area contributed by atoms with Gasteiger partial charge in [-0.05, 0) is 56.7 Å². The fourth-order valence-corrected chi connectivity index (χ4v) is 5.27. The summed E-state index contributed by atoms with van der Waals surface area (Å²) >= 11 is 0. The number of hydrogen-bond acceptors (Lipinski definition) is 4. The lowest BCUT2D eigenvalue weighted by molar-refractivity contribution is -0.00316. The maximum Gasteiger partial charge on any atom is 0.0506 e. The highest BCUT2D eigenvalue weighted by molar-refractivity contribution is 5.14. The van der Waals surface area contributed by atoms with Crippen molar-refractivity contribution in [3.8, 4) is 0 Å². The zero-order valence-electron chi connectivity index (χ0n) is 17.6. The summed E-state index contributed by atoms with van der Waals surface area (Å²) in [4.78, 5) is 8.01. The lowest BCUT2D eigenvalue weighted by Gasteiger charge is -2.46. The molecule has 3 aliphatic rings. The van der Waals surface area contributed by atoms with Gasteiger partial charge >= 0.3 is 0 Å². The Morgan fingerprint density at radius 3 is 2.57 bits per heavy atom. The van der Waals surface area contributed by atoms with Gasteiger partial charge in [-0.3, -0.25) is 9.80 Å². The number of piperidine rings is 2. The van der Waals surface area contributed by atoms with Crippen molar-refractivity contribution in [1.82, 2.24) is 14.7 Å². The highest BCUT2D eigenvalue weighted by atomic mass is 16.5. The SMILES string of the molecule is c1ccc(CN2CCN3C[C@H](COCCCN4CCCCC4)CC[C@H]3C2)cc1. The van der Waals surface area contributed by atoms with E-state index in [2.05, 4.69) is 45.0 Å². The topological polar surface area (TPSA) is 19.0 Å². The van der Waals surface area contributed by atoms with Crippen molar-refractivity contribution in [3.63, 3.8) is 0 Å². The van der Waals surface area contributed by atoms with Crippen molar-refractivity contribution in [3.05, 3.63) is 35.9 Å². The minimum absolute atomic E-state index is 0.743. The Labute approximate surface area is 171 Å². The molecule has 1 aromatic carbocycles. The Morgan fingerprint density at radius 1 is 0.857 bits per heavy atom. The zero-order chi connectivity index (χ0) is 19.0. The summed E-state index contributed by atoms with van der Waals surface area (Å²) in [6.07, 6.45) is 8.09. The molecule has 0 aliphatic carbocycles. The monoisotopic (exact) mass is 385 g/mol. The fraction of sp³-hybridized carbons (Fsp3) is 0.750. The first kappa shape index (κ1) is 20.3. The van der Waals surface area contributed by atoms with Crippen LogP contribution in [0.15, 0.2) is 30.3 Å². The van der Waals surface area contributed by atoms with E-state index in [1.54, 1.807) is 0 Å². The van der Waals surface area contributed by atoms with E-state index in [4.69, 9.17) is 4.74 Å². The maximum absolute atomic E-state index is 6.08. The van der Waals surface area contributed by atoms with Crippen LogP contribution in [0.5, 0.6) is 0 Å². The van der Waals surface area contributed by atoms with E-state index < -0.39 is 0 Å². The Kier molecular flexibility index (Phi) is 7.79. The van der Waals surface area contributed by atoms with Gasteiger partial charge in [-0.25, -0.2) is 0 Å². The number of benzene rings is 1. The molecule has 4 heteroatoms. The minimum Gasteiger partial charge on any atom is -0.381 e. The molecule has 0 bridgehead atoms. The van der Waals surface area contributed by atoms with Gasteiger partial charge < -0.3 is 9.64 Å². The van der Waals surface area contributed by atoms with Gasteiger partial charge in [0.25, 0.3) is 0 Å². The van der Waals surface area contributed by atoms with Gasteiger partial charge in [0.2, 0.25) is 0 Å². The first-order valence-electron chi connectivity index (χ1n) is 11.7. The molecule has 0 N–H and O–H groups in total. The van der Waals surface area contributed by atoms with Gasteiger partial charge in [0.15, 0.2) is 0 Å². The van der Waals surface area contributed by atoms with Gasteiger partial charge in [0.1, 0.15) is 0 Å². The Balaban J connectivity index is 1.10. The van der Waals surface area contributed by atoms with Crippen LogP contribution in [0.3, 0.4) is 0 Å². The van der Waals surface area contributed by atoms with Gasteiger partial charge in [0.05, 0.1) is 6.61 Å².